The van der Waals surface area contributed by atoms with E-state index >= 15 is 0 Å². The van der Waals surface area contributed by atoms with Crippen LogP contribution < -0.4 is 11.1 Å². The molecule has 5 heteroatoms. The van der Waals surface area contributed by atoms with Crippen LogP contribution in [-0.2, 0) is 11.2 Å². The van der Waals surface area contributed by atoms with Gasteiger partial charge in [-0.15, -0.1) is 0 Å². The van der Waals surface area contributed by atoms with Crippen molar-refractivity contribution in [3.05, 3.63) is 35.6 Å². The van der Waals surface area contributed by atoms with Crippen LogP contribution in [0.2, 0.25) is 0 Å². The Balaban J connectivity index is 1.64. The fourth-order valence-corrected chi connectivity index (χ4v) is 2.51. The number of nitrogens with two attached hydrogens (primary N) is 1. The third-order valence-electron chi connectivity index (χ3n) is 3.72. The van der Waals surface area contributed by atoms with Crippen molar-refractivity contribution in [3.63, 3.8) is 0 Å². The zero-order valence-electron chi connectivity index (χ0n) is 11.6. The van der Waals surface area contributed by atoms with Crippen LogP contribution in [0, 0.1) is 11.7 Å². The summed E-state index contributed by atoms with van der Waals surface area (Å²) in [5.74, 6) is 0.341. The van der Waals surface area contributed by atoms with Crippen molar-refractivity contribution in [2.75, 3.05) is 32.7 Å². The lowest BCUT2D eigenvalue weighted by atomic mass is 10.1. The summed E-state index contributed by atoms with van der Waals surface area (Å²) >= 11 is 0. The Hall–Kier alpha value is -1.46. The molecule has 1 aliphatic heterocycles. The van der Waals surface area contributed by atoms with Crippen molar-refractivity contribution >= 4 is 5.91 Å². The third-order valence-corrected chi connectivity index (χ3v) is 3.72. The van der Waals surface area contributed by atoms with E-state index in [9.17, 15) is 9.18 Å². The van der Waals surface area contributed by atoms with Gasteiger partial charge in [0.05, 0.1) is 6.54 Å². The summed E-state index contributed by atoms with van der Waals surface area (Å²) in [6, 6.07) is 6.37. The summed E-state index contributed by atoms with van der Waals surface area (Å²) in [7, 11) is 0. The van der Waals surface area contributed by atoms with Gasteiger partial charge in [0.15, 0.2) is 0 Å². The van der Waals surface area contributed by atoms with E-state index in [2.05, 4.69) is 10.2 Å². The van der Waals surface area contributed by atoms with E-state index in [0.29, 0.717) is 25.6 Å². The maximum Gasteiger partial charge on any atom is 0.234 e. The molecule has 1 amide bonds. The maximum absolute atomic E-state index is 12.7. The third kappa shape index (κ3) is 4.58. The van der Waals surface area contributed by atoms with E-state index in [1.807, 2.05) is 0 Å². The number of hydrogen-bond acceptors (Lipinski definition) is 3. The first-order chi connectivity index (χ1) is 9.67. The molecule has 0 radical (unpaired) electrons. The molecule has 0 saturated carbocycles. The fraction of sp³-hybridized carbons (Fsp3) is 0.533. The summed E-state index contributed by atoms with van der Waals surface area (Å²) in [5, 5.41) is 2.90. The summed E-state index contributed by atoms with van der Waals surface area (Å²) in [6.45, 7) is 3.59. The van der Waals surface area contributed by atoms with Crippen LogP contribution in [0.3, 0.4) is 0 Å². The molecule has 2 rings (SSSR count). The summed E-state index contributed by atoms with van der Waals surface area (Å²) in [6.07, 6.45) is 1.80. The van der Waals surface area contributed by atoms with Crippen molar-refractivity contribution in [1.82, 2.24) is 10.2 Å². The van der Waals surface area contributed by atoms with Crippen molar-refractivity contribution in [2.45, 2.75) is 12.8 Å². The van der Waals surface area contributed by atoms with E-state index < -0.39 is 0 Å². The average molecular weight is 279 g/mol. The number of likely N-dealkylation sites (tertiary alicyclic amines) is 1. The fourth-order valence-electron chi connectivity index (χ4n) is 2.51. The number of carbonyl (C=O) groups is 1. The molecule has 0 aliphatic carbocycles. The highest BCUT2D eigenvalue weighted by Crippen LogP contribution is 2.13. The molecule has 0 aromatic heterocycles. The smallest absolute Gasteiger partial charge is 0.234 e. The second kappa shape index (κ2) is 7.36. The zero-order chi connectivity index (χ0) is 14.4. The lowest BCUT2D eigenvalue weighted by molar-refractivity contribution is -0.122. The quantitative estimate of drug-likeness (QED) is 0.808. The molecule has 20 heavy (non-hydrogen) atoms. The number of carbonyl (C=O) groups excluding carboxylic acids is 1. The van der Waals surface area contributed by atoms with Gasteiger partial charge in [0.1, 0.15) is 5.82 Å². The van der Waals surface area contributed by atoms with Gasteiger partial charge in [-0.3, -0.25) is 9.69 Å². The molecule has 3 N–H and O–H groups in total. The molecule has 1 aromatic rings. The van der Waals surface area contributed by atoms with Crippen LogP contribution in [-0.4, -0.2) is 43.5 Å². The van der Waals surface area contributed by atoms with Gasteiger partial charge in [0, 0.05) is 13.1 Å². The Morgan fingerprint density at radius 3 is 2.80 bits per heavy atom. The lowest BCUT2D eigenvalue weighted by Crippen LogP contribution is -2.37. The average Bonchev–Trinajstić information content (AvgIpc) is 2.88. The first kappa shape index (κ1) is 14.9. The largest absolute Gasteiger partial charge is 0.355 e. The van der Waals surface area contributed by atoms with Crippen LogP contribution in [0.15, 0.2) is 24.3 Å². The summed E-state index contributed by atoms with van der Waals surface area (Å²) in [4.78, 5) is 13.9. The number of hydrogen-bond donors (Lipinski definition) is 2. The minimum absolute atomic E-state index is 0.0461. The Bertz CT molecular complexity index is 435. The monoisotopic (exact) mass is 279 g/mol. The Kier molecular flexibility index (Phi) is 5.49. The number of halogens is 1. The molecular weight excluding hydrogens is 257 g/mol. The SMILES string of the molecule is NCC1CCN(CC(=O)NCCc2ccc(F)cc2)C1. The Labute approximate surface area is 119 Å². The molecular formula is C15H22FN3O. The molecule has 0 bridgehead atoms. The van der Waals surface area contributed by atoms with Gasteiger partial charge in [-0.1, -0.05) is 12.1 Å². The number of amides is 1. The van der Waals surface area contributed by atoms with Crippen LogP contribution in [0.5, 0.6) is 0 Å². The van der Waals surface area contributed by atoms with Crippen LogP contribution in [0.4, 0.5) is 4.39 Å². The maximum atomic E-state index is 12.7. The normalized spacial score (nSPS) is 19.2. The van der Waals surface area contributed by atoms with Crippen LogP contribution in [0.25, 0.3) is 0 Å². The Morgan fingerprint density at radius 2 is 2.15 bits per heavy atom. The van der Waals surface area contributed by atoms with E-state index in [1.165, 1.54) is 12.1 Å². The van der Waals surface area contributed by atoms with Gasteiger partial charge >= 0.3 is 0 Å². The van der Waals surface area contributed by atoms with Gasteiger partial charge in [-0.2, -0.15) is 0 Å². The summed E-state index contributed by atoms with van der Waals surface area (Å²) in [5.41, 5.74) is 6.65. The number of rotatable bonds is 6. The molecule has 1 saturated heterocycles. The highest BCUT2D eigenvalue weighted by Gasteiger charge is 2.22. The van der Waals surface area contributed by atoms with Gasteiger partial charge in [-0.25, -0.2) is 4.39 Å². The van der Waals surface area contributed by atoms with Gasteiger partial charge < -0.3 is 11.1 Å². The highest BCUT2D eigenvalue weighted by atomic mass is 19.1. The molecule has 110 valence electrons. The van der Waals surface area contributed by atoms with Crippen molar-refractivity contribution in [1.29, 1.82) is 0 Å². The zero-order valence-corrected chi connectivity index (χ0v) is 11.6. The first-order valence-corrected chi connectivity index (χ1v) is 7.11. The van der Waals surface area contributed by atoms with Crippen molar-refractivity contribution in [3.8, 4) is 0 Å². The van der Waals surface area contributed by atoms with E-state index in [4.69, 9.17) is 5.73 Å². The molecule has 1 atom stereocenters. The van der Waals surface area contributed by atoms with Crippen LogP contribution >= 0.6 is 0 Å². The Morgan fingerprint density at radius 1 is 1.40 bits per heavy atom. The molecule has 1 heterocycles. The van der Waals surface area contributed by atoms with Crippen molar-refractivity contribution in [2.24, 2.45) is 11.7 Å². The number of nitrogens with one attached hydrogen (secondary N) is 1. The molecule has 1 unspecified atom stereocenters. The van der Waals surface area contributed by atoms with Gasteiger partial charge in [0.2, 0.25) is 5.91 Å². The molecule has 0 spiro atoms. The molecule has 4 nitrogen and oxygen atoms in total. The first-order valence-electron chi connectivity index (χ1n) is 7.11. The molecule has 1 fully saturated rings. The number of nitrogens with zero attached hydrogens (tertiary/aromatic N) is 1. The molecule has 1 aromatic carbocycles. The van der Waals surface area contributed by atoms with Crippen molar-refractivity contribution < 1.29 is 9.18 Å². The number of benzene rings is 1. The second-order valence-electron chi connectivity index (χ2n) is 5.35. The second-order valence-corrected chi connectivity index (χ2v) is 5.35. The standard InChI is InChI=1S/C15H22FN3O/c16-14-3-1-12(2-4-14)5-7-18-15(20)11-19-8-6-13(9-17)10-19/h1-4,13H,5-11,17H2,(H,18,20). The lowest BCUT2D eigenvalue weighted by Gasteiger charge is -2.15. The van der Waals surface area contributed by atoms with Gasteiger partial charge in [-0.05, 0) is 49.5 Å². The minimum Gasteiger partial charge on any atom is -0.355 e. The molecule has 1 aliphatic rings. The summed E-state index contributed by atoms with van der Waals surface area (Å²) < 4.78 is 12.7. The van der Waals surface area contributed by atoms with E-state index in [0.717, 1.165) is 31.5 Å². The minimum atomic E-state index is -0.235. The topological polar surface area (TPSA) is 58.4 Å². The predicted molar refractivity (Wildman–Crippen MR) is 76.7 cm³/mol. The van der Waals surface area contributed by atoms with Gasteiger partial charge in [0.25, 0.3) is 0 Å². The van der Waals surface area contributed by atoms with E-state index in [1.54, 1.807) is 12.1 Å². The predicted octanol–water partition coefficient (Wildman–Crippen LogP) is 0.765. The highest BCUT2D eigenvalue weighted by molar-refractivity contribution is 5.78. The van der Waals surface area contributed by atoms with Crippen LogP contribution in [0.1, 0.15) is 12.0 Å². The van der Waals surface area contributed by atoms with E-state index in [-0.39, 0.29) is 11.7 Å².